The summed E-state index contributed by atoms with van der Waals surface area (Å²) in [7, 11) is -1.18. The Hall–Kier alpha value is -2.29. The quantitative estimate of drug-likeness (QED) is 0.669. The average Bonchev–Trinajstić information content (AvgIpc) is 2.65. The first-order valence-electron chi connectivity index (χ1n) is 7.94. The Bertz CT molecular complexity index is 916. The van der Waals surface area contributed by atoms with E-state index in [9.17, 15) is 13.2 Å². The summed E-state index contributed by atoms with van der Waals surface area (Å²) in [6.45, 7) is 1.74. The van der Waals surface area contributed by atoms with E-state index in [2.05, 4.69) is 9.46 Å². The van der Waals surface area contributed by atoms with Crippen LogP contribution in [0.15, 0.2) is 47.4 Å². The van der Waals surface area contributed by atoms with Crippen molar-refractivity contribution in [3.63, 3.8) is 0 Å². The molecule has 0 bridgehead atoms. The molecule has 9 heteroatoms. The maximum atomic E-state index is 12.6. The minimum Gasteiger partial charge on any atom is -0.493 e. The van der Waals surface area contributed by atoms with Gasteiger partial charge in [0.1, 0.15) is 6.61 Å². The molecule has 0 spiro atoms. The average molecular weight is 414 g/mol. The number of esters is 1. The third-order valence-corrected chi connectivity index (χ3v) is 5.48. The van der Waals surface area contributed by atoms with E-state index in [1.165, 1.54) is 32.4 Å². The smallest absolute Gasteiger partial charge is 0.339 e. The Kier molecular flexibility index (Phi) is 7.06. The third kappa shape index (κ3) is 5.35. The summed E-state index contributed by atoms with van der Waals surface area (Å²) in [5.74, 6) is 0.336. The summed E-state index contributed by atoms with van der Waals surface area (Å²) in [6.07, 6.45) is 0. The Morgan fingerprint density at radius 3 is 2.44 bits per heavy atom. The van der Waals surface area contributed by atoms with Crippen LogP contribution in [0.5, 0.6) is 11.5 Å². The van der Waals surface area contributed by atoms with Gasteiger partial charge in [-0.3, -0.25) is 0 Å². The van der Waals surface area contributed by atoms with Gasteiger partial charge in [0.05, 0.1) is 35.7 Å². The predicted octanol–water partition coefficient (Wildman–Crippen LogP) is 2.88. The molecule has 0 amide bonds. The summed E-state index contributed by atoms with van der Waals surface area (Å²) < 4.78 is 43.0. The number of carbonyl (C=O) groups is 1. The topological polar surface area (TPSA) is 90.9 Å². The highest BCUT2D eigenvalue weighted by Gasteiger charge is 2.21. The van der Waals surface area contributed by atoms with E-state index in [1.54, 1.807) is 31.2 Å². The molecule has 1 N–H and O–H groups in total. The van der Waals surface area contributed by atoms with E-state index >= 15 is 0 Å². The number of methoxy groups -OCH3 is 2. The summed E-state index contributed by atoms with van der Waals surface area (Å²) >= 11 is 5.92. The lowest BCUT2D eigenvalue weighted by atomic mass is 10.2. The van der Waals surface area contributed by atoms with Crippen LogP contribution >= 0.6 is 11.6 Å². The molecule has 0 aliphatic carbocycles. The van der Waals surface area contributed by atoms with Crippen molar-refractivity contribution in [2.75, 3.05) is 20.8 Å². The van der Waals surface area contributed by atoms with Gasteiger partial charge in [0, 0.05) is 0 Å². The highest BCUT2D eigenvalue weighted by atomic mass is 35.5. The summed E-state index contributed by atoms with van der Waals surface area (Å²) in [5.41, 5.74) is -0.0278. The number of carbonyl (C=O) groups excluding carboxylic acids is 1. The number of rotatable bonds is 8. The molecule has 0 radical (unpaired) electrons. The van der Waals surface area contributed by atoms with Gasteiger partial charge in [-0.25, -0.2) is 17.9 Å². The number of sulfonamides is 1. The van der Waals surface area contributed by atoms with Crippen molar-refractivity contribution in [2.24, 2.45) is 0 Å². The normalized spacial score (nSPS) is 12.3. The van der Waals surface area contributed by atoms with Crippen LogP contribution in [0.2, 0.25) is 5.02 Å². The standard InChI is InChI=1S/C18H20ClNO6S/c1-12(11-26-17-7-5-4-6-16(17)24-2)20-27(22,23)13-8-9-15(19)14(10-13)18(21)25-3/h4-10,12,20H,11H2,1-3H3. The molecule has 1 unspecified atom stereocenters. The molecule has 0 aromatic heterocycles. The fraction of sp³-hybridized carbons (Fsp3) is 0.278. The molecule has 7 nitrogen and oxygen atoms in total. The molecule has 27 heavy (non-hydrogen) atoms. The number of hydrogen-bond donors (Lipinski definition) is 1. The molecule has 2 rings (SSSR count). The number of benzene rings is 2. The lowest BCUT2D eigenvalue weighted by Gasteiger charge is -2.17. The highest BCUT2D eigenvalue weighted by Crippen LogP contribution is 2.26. The first-order valence-corrected chi connectivity index (χ1v) is 9.80. The summed E-state index contributed by atoms with van der Waals surface area (Å²) in [4.78, 5) is 11.6. The Morgan fingerprint density at radius 2 is 1.81 bits per heavy atom. The molecule has 0 heterocycles. The lowest BCUT2D eigenvalue weighted by molar-refractivity contribution is 0.0600. The molecule has 1 atom stereocenters. The van der Waals surface area contributed by atoms with Crippen LogP contribution in [0.4, 0.5) is 0 Å². The molecule has 0 saturated heterocycles. The largest absolute Gasteiger partial charge is 0.493 e. The van der Waals surface area contributed by atoms with E-state index in [1.807, 2.05) is 0 Å². The Morgan fingerprint density at radius 1 is 1.15 bits per heavy atom. The maximum absolute atomic E-state index is 12.6. The van der Waals surface area contributed by atoms with Gasteiger partial charge in [0.2, 0.25) is 10.0 Å². The Labute approximate surface area is 163 Å². The van der Waals surface area contributed by atoms with Crippen molar-refractivity contribution in [1.82, 2.24) is 4.72 Å². The number of ether oxygens (including phenoxy) is 3. The first kappa shape index (κ1) is 21.0. The van der Waals surface area contributed by atoms with Crippen molar-refractivity contribution in [1.29, 1.82) is 0 Å². The molecule has 2 aromatic rings. The number of hydrogen-bond acceptors (Lipinski definition) is 6. The molecule has 146 valence electrons. The van der Waals surface area contributed by atoms with Gasteiger partial charge in [0.25, 0.3) is 0 Å². The van der Waals surface area contributed by atoms with Crippen LogP contribution in [-0.4, -0.2) is 41.3 Å². The fourth-order valence-corrected chi connectivity index (χ4v) is 3.71. The molecule has 0 aliphatic heterocycles. The summed E-state index contributed by atoms with van der Waals surface area (Å²) in [6, 6.07) is 10.3. The first-order chi connectivity index (χ1) is 12.8. The van der Waals surface area contributed by atoms with E-state index < -0.39 is 22.0 Å². The van der Waals surface area contributed by atoms with Crippen molar-refractivity contribution in [3.8, 4) is 11.5 Å². The van der Waals surface area contributed by atoms with Crippen LogP contribution in [-0.2, 0) is 14.8 Å². The van der Waals surface area contributed by atoms with Gasteiger partial charge < -0.3 is 14.2 Å². The molecule has 0 saturated carbocycles. The Balaban J connectivity index is 2.10. The molecular formula is C18H20ClNO6S. The fourth-order valence-electron chi connectivity index (χ4n) is 2.26. The van der Waals surface area contributed by atoms with Crippen molar-refractivity contribution >= 4 is 27.6 Å². The minimum absolute atomic E-state index is 0.0278. The second-order valence-electron chi connectivity index (χ2n) is 5.62. The van der Waals surface area contributed by atoms with Crippen LogP contribution in [0.25, 0.3) is 0 Å². The summed E-state index contributed by atoms with van der Waals surface area (Å²) in [5, 5.41) is 0.105. The van der Waals surface area contributed by atoms with Gasteiger partial charge in [-0.1, -0.05) is 23.7 Å². The zero-order chi connectivity index (χ0) is 20.0. The molecule has 0 fully saturated rings. The van der Waals surface area contributed by atoms with Gasteiger partial charge in [-0.15, -0.1) is 0 Å². The van der Waals surface area contributed by atoms with Crippen LogP contribution in [0.1, 0.15) is 17.3 Å². The highest BCUT2D eigenvalue weighted by molar-refractivity contribution is 7.89. The van der Waals surface area contributed by atoms with Crippen LogP contribution < -0.4 is 14.2 Å². The van der Waals surface area contributed by atoms with Crippen LogP contribution in [0.3, 0.4) is 0 Å². The monoisotopic (exact) mass is 413 g/mol. The molecule has 2 aromatic carbocycles. The second-order valence-corrected chi connectivity index (χ2v) is 7.74. The van der Waals surface area contributed by atoms with Gasteiger partial charge in [0.15, 0.2) is 11.5 Å². The van der Waals surface area contributed by atoms with Gasteiger partial charge >= 0.3 is 5.97 Å². The van der Waals surface area contributed by atoms with Crippen molar-refractivity contribution < 1.29 is 27.4 Å². The van der Waals surface area contributed by atoms with Gasteiger partial charge in [-0.05, 0) is 37.3 Å². The van der Waals surface area contributed by atoms with Gasteiger partial charge in [-0.2, -0.15) is 0 Å². The zero-order valence-electron chi connectivity index (χ0n) is 15.1. The molecular weight excluding hydrogens is 394 g/mol. The second kappa shape index (κ2) is 9.07. The van der Waals surface area contributed by atoms with Crippen molar-refractivity contribution in [2.45, 2.75) is 17.9 Å². The zero-order valence-corrected chi connectivity index (χ0v) is 16.6. The third-order valence-electron chi connectivity index (χ3n) is 3.57. The predicted molar refractivity (Wildman–Crippen MR) is 101 cm³/mol. The minimum atomic E-state index is -3.89. The number of halogens is 1. The van der Waals surface area contributed by atoms with E-state index in [0.717, 1.165) is 0 Å². The van der Waals surface area contributed by atoms with Crippen molar-refractivity contribution in [3.05, 3.63) is 53.1 Å². The SMILES string of the molecule is COC(=O)c1cc(S(=O)(=O)NC(C)COc2ccccc2OC)ccc1Cl. The van der Waals surface area contributed by atoms with E-state index in [-0.39, 0.29) is 22.1 Å². The van der Waals surface area contributed by atoms with E-state index in [4.69, 9.17) is 21.1 Å². The van der Waals surface area contributed by atoms with Crippen LogP contribution in [0, 0.1) is 0 Å². The lowest BCUT2D eigenvalue weighted by Crippen LogP contribution is -2.36. The number of nitrogens with one attached hydrogen (secondary N) is 1. The maximum Gasteiger partial charge on any atom is 0.339 e. The van der Waals surface area contributed by atoms with E-state index in [0.29, 0.717) is 11.5 Å². The molecule has 0 aliphatic rings. The number of para-hydroxylation sites is 2.